The van der Waals surface area contributed by atoms with Gasteiger partial charge in [0.25, 0.3) is 5.56 Å². The van der Waals surface area contributed by atoms with E-state index in [4.69, 9.17) is 5.73 Å². The average Bonchev–Trinajstić information content (AvgIpc) is 2.70. The molecule has 2 heterocycles. The maximum atomic E-state index is 11.9. The first-order valence-electron chi connectivity index (χ1n) is 4.95. The van der Waals surface area contributed by atoms with E-state index >= 15 is 0 Å². The molecule has 0 aliphatic rings. The standard InChI is InChI=1S/C10H13N3OS/c11-4-1-2-5-13-7-12-8-3-6-15-9(8)10(13)14/h3,6-7H,1-2,4-5,11H2. The summed E-state index contributed by atoms with van der Waals surface area (Å²) in [4.78, 5) is 16.1. The van der Waals surface area contributed by atoms with Crippen molar-refractivity contribution in [3.63, 3.8) is 0 Å². The number of nitrogens with two attached hydrogens (primary N) is 1. The monoisotopic (exact) mass is 223 g/mol. The Hall–Kier alpha value is -1.20. The number of thiophene rings is 1. The van der Waals surface area contributed by atoms with Crippen LogP contribution in [0.4, 0.5) is 0 Å². The molecule has 5 heteroatoms. The molecule has 4 nitrogen and oxygen atoms in total. The van der Waals surface area contributed by atoms with E-state index in [9.17, 15) is 4.79 Å². The molecule has 0 aliphatic heterocycles. The molecule has 0 saturated carbocycles. The van der Waals surface area contributed by atoms with Crippen molar-refractivity contribution in [2.24, 2.45) is 5.73 Å². The Bertz CT molecular complexity index is 503. The molecule has 0 spiro atoms. The number of rotatable bonds is 4. The fourth-order valence-electron chi connectivity index (χ4n) is 1.46. The number of hydrogen-bond donors (Lipinski definition) is 1. The van der Waals surface area contributed by atoms with E-state index in [1.807, 2.05) is 11.4 Å². The summed E-state index contributed by atoms with van der Waals surface area (Å²) < 4.78 is 2.40. The summed E-state index contributed by atoms with van der Waals surface area (Å²) in [6.45, 7) is 1.38. The minimum Gasteiger partial charge on any atom is -0.330 e. The summed E-state index contributed by atoms with van der Waals surface area (Å²) in [7, 11) is 0. The molecular formula is C10H13N3OS. The fraction of sp³-hybridized carbons (Fsp3) is 0.400. The molecule has 0 saturated heterocycles. The van der Waals surface area contributed by atoms with Gasteiger partial charge < -0.3 is 5.73 Å². The normalized spacial score (nSPS) is 11.0. The van der Waals surface area contributed by atoms with Gasteiger partial charge in [-0.25, -0.2) is 4.98 Å². The van der Waals surface area contributed by atoms with Crippen LogP contribution < -0.4 is 11.3 Å². The number of nitrogens with zero attached hydrogens (tertiary/aromatic N) is 2. The zero-order chi connectivity index (χ0) is 10.7. The van der Waals surface area contributed by atoms with Crippen molar-refractivity contribution in [2.75, 3.05) is 6.54 Å². The molecule has 15 heavy (non-hydrogen) atoms. The van der Waals surface area contributed by atoms with E-state index in [2.05, 4.69) is 4.98 Å². The quantitative estimate of drug-likeness (QED) is 0.792. The largest absolute Gasteiger partial charge is 0.330 e. The second-order valence-corrected chi connectivity index (χ2v) is 4.29. The number of unbranched alkanes of at least 4 members (excludes halogenated alkanes) is 1. The van der Waals surface area contributed by atoms with Crippen LogP contribution in [0.1, 0.15) is 12.8 Å². The van der Waals surface area contributed by atoms with Crippen molar-refractivity contribution in [1.29, 1.82) is 0 Å². The van der Waals surface area contributed by atoms with Crippen molar-refractivity contribution >= 4 is 21.6 Å². The van der Waals surface area contributed by atoms with Crippen LogP contribution in [0.3, 0.4) is 0 Å². The highest BCUT2D eigenvalue weighted by molar-refractivity contribution is 7.17. The van der Waals surface area contributed by atoms with Crippen LogP contribution in [-0.2, 0) is 6.54 Å². The number of aryl methyl sites for hydroxylation is 1. The van der Waals surface area contributed by atoms with Gasteiger partial charge in [-0.15, -0.1) is 11.3 Å². The Balaban J connectivity index is 2.28. The summed E-state index contributed by atoms with van der Waals surface area (Å²) in [6.07, 6.45) is 3.48. The third-order valence-corrected chi connectivity index (χ3v) is 3.18. The van der Waals surface area contributed by atoms with Crippen LogP contribution in [0.25, 0.3) is 10.2 Å². The summed E-state index contributed by atoms with van der Waals surface area (Å²) >= 11 is 1.45. The van der Waals surface area contributed by atoms with Crippen LogP contribution in [0.5, 0.6) is 0 Å². The highest BCUT2D eigenvalue weighted by Gasteiger charge is 2.04. The zero-order valence-electron chi connectivity index (χ0n) is 8.35. The van der Waals surface area contributed by atoms with Crippen molar-refractivity contribution in [2.45, 2.75) is 19.4 Å². The molecule has 0 aromatic carbocycles. The number of aromatic nitrogens is 2. The number of hydrogen-bond acceptors (Lipinski definition) is 4. The van der Waals surface area contributed by atoms with E-state index in [0.717, 1.165) is 23.1 Å². The third-order valence-electron chi connectivity index (χ3n) is 2.29. The highest BCUT2D eigenvalue weighted by atomic mass is 32.1. The molecule has 2 rings (SSSR count). The first-order chi connectivity index (χ1) is 7.33. The lowest BCUT2D eigenvalue weighted by atomic mass is 10.3. The SMILES string of the molecule is NCCCCn1cnc2ccsc2c1=O. The molecule has 0 fully saturated rings. The molecule has 0 atom stereocenters. The Morgan fingerprint density at radius 3 is 3.13 bits per heavy atom. The predicted molar refractivity (Wildman–Crippen MR) is 62.2 cm³/mol. The van der Waals surface area contributed by atoms with Crippen molar-refractivity contribution in [3.8, 4) is 0 Å². The van der Waals surface area contributed by atoms with Crippen LogP contribution >= 0.6 is 11.3 Å². The Morgan fingerprint density at radius 2 is 2.33 bits per heavy atom. The van der Waals surface area contributed by atoms with Crippen LogP contribution in [0, 0.1) is 0 Å². The lowest BCUT2D eigenvalue weighted by Gasteiger charge is -2.03. The maximum absolute atomic E-state index is 11.9. The number of fused-ring (bicyclic) bond motifs is 1. The predicted octanol–water partition coefficient (Wildman–Crippen LogP) is 1.20. The molecule has 2 aromatic heterocycles. The second kappa shape index (κ2) is 4.55. The van der Waals surface area contributed by atoms with Gasteiger partial charge in [-0.1, -0.05) is 0 Å². The summed E-state index contributed by atoms with van der Waals surface area (Å²) in [6, 6.07) is 1.87. The Morgan fingerprint density at radius 1 is 1.47 bits per heavy atom. The topological polar surface area (TPSA) is 60.9 Å². The van der Waals surface area contributed by atoms with Gasteiger partial charge in [0.1, 0.15) is 4.70 Å². The van der Waals surface area contributed by atoms with Gasteiger partial charge in [0.05, 0.1) is 11.8 Å². The molecule has 80 valence electrons. The molecule has 0 aliphatic carbocycles. The van der Waals surface area contributed by atoms with E-state index in [-0.39, 0.29) is 5.56 Å². The lowest BCUT2D eigenvalue weighted by molar-refractivity contribution is 0.595. The average molecular weight is 223 g/mol. The summed E-state index contributed by atoms with van der Waals surface area (Å²) in [5.74, 6) is 0. The molecular weight excluding hydrogens is 210 g/mol. The van der Waals surface area contributed by atoms with E-state index in [0.29, 0.717) is 13.1 Å². The molecule has 0 amide bonds. The molecule has 0 unspecified atom stereocenters. The van der Waals surface area contributed by atoms with Crippen LogP contribution in [0.15, 0.2) is 22.6 Å². The smallest absolute Gasteiger partial charge is 0.271 e. The van der Waals surface area contributed by atoms with Crippen LogP contribution in [0.2, 0.25) is 0 Å². The first kappa shape index (κ1) is 10.3. The third kappa shape index (κ3) is 2.08. The van der Waals surface area contributed by atoms with Crippen molar-refractivity contribution < 1.29 is 0 Å². The minimum atomic E-state index is 0.0621. The van der Waals surface area contributed by atoms with Crippen molar-refractivity contribution in [3.05, 3.63) is 28.1 Å². The summed E-state index contributed by atoms with van der Waals surface area (Å²) in [5.41, 5.74) is 6.26. The second-order valence-electron chi connectivity index (χ2n) is 3.37. The van der Waals surface area contributed by atoms with Gasteiger partial charge in [0, 0.05) is 6.54 Å². The van der Waals surface area contributed by atoms with Gasteiger partial charge in [-0.05, 0) is 30.8 Å². The maximum Gasteiger partial charge on any atom is 0.271 e. The Labute approximate surface area is 91.4 Å². The molecule has 2 N–H and O–H groups in total. The van der Waals surface area contributed by atoms with E-state index < -0.39 is 0 Å². The minimum absolute atomic E-state index is 0.0621. The summed E-state index contributed by atoms with van der Waals surface area (Å²) in [5, 5.41) is 1.89. The van der Waals surface area contributed by atoms with E-state index in [1.54, 1.807) is 10.9 Å². The lowest BCUT2D eigenvalue weighted by Crippen LogP contribution is -2.20. The van der Waals surface area contributed by atoms with Gasteiger partial charge in [0.15, 0.2) is 0 Å². The van der Waals surface area contributed by atoms with Gasteiger partial charge >= 0.3 is 0 Å². The van der Waals surface area contributed by atoms with Gasteiger partial charge in [-0.2, -0.15) is 0 Å². The van der Waals surface area contributed by atoms with Gasteiger partial charge in [0.2, 0.25) is 0 Å². The van der Waals surface area contributed by atoms with Crippen LogP contribution in [-0.4, -0.2) is 16.1 Å². The molecule has 2 aromatic rings. The van der Waals surface area contributed by atoms with E-state index in [1.165, 1.54) is 11.3 Å². The first-order valence-corrected chi connectivity index (χ1v) is 5.83. The Kier molecular flexibility index (Phi) is 3.13. The molecule has 0 bridgehead atoms. The zero-order valence-corrected chi connectivity index (χ0v) is 9.17. The molecule has 0 radical (unpaired) electrons. The van der Waals surface area contributed by atoms with Crippen molar-refractivity contribution in [1.82, 2.24) is 9.55 Å². The fourth-order valence-corrected chi connectivity index (χ4v) is 2.26. The highest BCUT2D eigenvalue weighted by Crippen LogP contribution is 2.13. The van der Waals surface area contributed by atoms with Gasteiger partial charge in [-0.3, -0.25) is 9.36 Å².